The van der Waals surface area contributed by atoms with Crippen LogP contribution in [0.1, 0.15) is 61.6 Å². The summed E-state index contributed by atoms with van der Waals surface area (Å²) in [5, 5.41) is 24.2. The first-order valence-corrected chi connectivity index (χ1v) is 12.8. The standard InChI is InChI=1S/C20H29FN4O3.C7H7ClFN/c1-19(2,27)17(22)15(21)18(23-3)20(28)7-12-5-11(6-13(12)8-20)16-14(9-26)25(4)10-24-16;1-10-5-2-3-7(9)6(8)4-5/h9-13,27-28H,5-8,22H2,1-4H3;2-4,10H,1H3/b17-15+,23-18?;. The number of rotatable bonds is 6. The summed E-state index contributed by atoms with van der Waals surface area (Å²) >= 11 is 5.48. The Hall–Kier alpha value is -2.82. The molecule has 0 saturated heterocycles. The number of aromatic nitrogens is 2. The summed E-state index contributed by atoms with van der Waals surface area (Å²) in [5.74, 6) is -0.707. The number of anilines is 1. The van der Waals surface area contributed by atoms with Gasteiger partial charge in [-0.25, -0.2) is 13.8 Å². The average molecular weight is 552 g/mol. The number of hydrogen-bond acceptors (Lipinski definition) is 7. The van der Waals surface area contributed by atoms with Gasteiger partial charge in [-0.1, -0.05) is 11.6 Å². The molecule has 5 N–H and O–H groups in total. The van der Waals surface area contributed by atoms with Gasteiger partial charge in [0.15, 0.2) is 12.1 Å². The molecule has 208 valence electrons. The lowest BCUT2D eigenvalue weighted by molar-refractivity contribution is 0.104. The summed E-state index contributed by atoms with van der Waals surface area (Å²) in [7, 11) is 4.97. The summed E-state index contributed by atoms with van der Waals surface area (Å²) in [6.07, 6.45) is 4.79. The number of halogens is 3. The van der Waals surface area contributed by atoms with Crippen molar-refractivity contribution in [3.8, 4) is 0 Å². The summed E-state index contributed by atoms with van der Waals surface area (Å²) in [6.45, 7) is 2.79. The minimum atomic E-state index is -1.54. The molecule has 11 heteroatoms. The quantitative estimate of drug-likeness (QED) is 0.312. The maximum Gasteiger partial charge on any atom is 0.168 e. The number of nitrogens with zero attached hydrogens (tertiary/aromatic N) is 3. The van der Waals surface area contributed by atoms with E-state index in [0.29, 0.717) is 18.5 Å². The van der Waals surface area contributed by atoms with Crippen LogP contribution in [0.5, 0.6) is 0 Å². The molecule has 2 aliphatic rings. The van der Waals surface area contributed by atoms with E-state index >= 15 is 0 Å². The van der Waals surface area contributed by atoms with E-state index in [0.717, 1.165) is 30.5 Å². The zero-order valence-electron chi connectivity index (χ0n) is 22.3. The zero-order chi connectivity index (χ0) is 28.4. The Labute approximate surface area is 226 Å². The molecular formula is C27H36ClF2N5O3. The normalized spacial score (nSPS) is 25.8. The molecule has 0 amide bonds. The number of carbonyl (C=O) groups is 1. The largest absolute Gasteiger partial charge is 0.397 e. The van der Waals surface area contributed by atoms with E-state index in [4.69, 9.17) is 17.3 Å². The van der Waals surface area contributed by atoms with Crippen molar-refractivity contribution in [3.05, 3.63) is 58.3 Å². The number of nitrogens with two attached hydrogens (primary N) is 1. The minimum absolute atomic E-state index is 0.0931. The first-order chi connectivity index (χ1) is 17.7. The minimum Gasteiger partial charge on any atom is -0.397 e. The second kappa shape index (κ2) is 11.5. The van der Waals surface area contributed by atoms with Crippen molar-refractivity contribution >= 4 is 29.3 Å². The van der Waals surface area contributed by atoms with E-state index in [1.807, 2.05) is 0 Å². The Kier molecular flexibility index (Phi) is 9.00. The number of imidazole rings is 1. The van der Waals surface area contributed by atoms with Gasteiger partial charge in [-0.3, -0.25) is 9.79 Å². The van der Waals surface area contributed by atoms with Crippen LogP contribution in [0.2, 0.25) is 5.02 Å². The highest BCUT2D eigenvalue weighted by atomic mass is 35.5. The third-order valence-electron chi connectivity index (χ3n) is 7.53. The van der Waals surface area contributed by atoms with Crippen LogP contribution in [0, 0.1) is 17.7 Å². The number of aryl methyl sites for hydroxylation is 1. The lowest BCUT2D eigenvalue weighted by Crippen LogP contribution is -2.40. The first-order valence-electron chi connectivity index (χ1n) is 12.4. The average Bonchev–Trinajstić information content (AvgIpc) is 3.51. The monoisotopic (exact) mass is 551 g/mol. The van der Waals surface area contributed by atoms with Crippen LogP contribution in [0.25, 0.3) is 0 Å². The number of nitrogens with one attached hydrogen (secondary N) is 1. The molecule has 0 bridgehead atoms. The number of aliphatic imine (C=N–C) groups is 1. The SMILES string of the molecule is CN=C(/C(F)=C(\N)C(C)(C)O)C1(O)CC2CC(c3ncn(C)c3C=O)CC2C1.CNc1ccc(F)c(Cl)c1. The summed E-state index contributed by atoms with van der Waals surface area (Å²) < 4.78 is 29.1. The van der Waals surface area contributed by atoms with Crippen LogP contribution in [0.15, 0.2) is 41.0 Å². The fourth-order valence-corrected chi connectivity index (χ4v) is 5.73. The maximum absolute atomic E-state index is 14.9. The van der Waals surface area contributed by atoms with E-state index in [1.165, 1.54) is 33.0 Å². The van der Waals surface area contributed by atoms with Crippen LogP contribution < -0.4 is 11.1 Å². The van der Waals surface area contributed by atoms with Crippen molar-refractivity contribution in [1.29, 1.82) is 0 Å². The lowest BCUT2D eigenvalue weighted by Gasteiger charge is -2.28. The smallest absolute Gasteiger partial charge is 0.168 e. The molecule has 1 aromatic heterocycles. The summed E-state index contributed by atoms with van der Waals surface area (Å²) in [5.41, 5.74) is 4.59. The Morgan fingerprint density at radius 2 is 1.95 bits per heavy atom. The summed E-state index contributed by atoms with van der Waals surface area (Å²) in [6, 6.07) is 4.49. The van der Waals surface area contributed by atoms with Crippen molar-refractivity contribution < 1.29 is 23.8 Å². The fraction of sp³-hybridized carbons (Fsp3) is 0.519. The Morgan fingerprint density at radius 3 is 2.42 bits per heavy atom. The van der Waals surface area contributed by atoms with Crippen LogP contribution >= 0.6 is 11.6 Å². The molecule has 8 nitrogen and oxygen atoms in total. The van der Waals surface area contributed by atoms with Crippen LogP contribution in [-0.2, 0) is 7.05 Å². The molecular weight excluding hydrogens is 516 g/mol. The second-order valence-corrected chi connectivity index (χ2v) is 11.0. The van der Waals surface area contributed by atoms with Crippen molar-refractivity contribution in [2.24, 2.45) is 29.6 Å². The molecule has 1 heterocycles. The first kappa shape index (κ1) is 29.7. The lowest BCUT2D eigenvalue weighted by atomic mass is 9.87. The van der Waals surface area contributed by atoms with Gasteiger partial charge in [0.2, 0.25) is 0 Å². The number of aliphatic hydroxyl groups is 2. The molecule has 4 rings (SSSR count). The van der Waals surface area contributed by atoms with Crippen LogP contribution in [0.4, 0.5) is 14.5 Å². The highest BCUT2D eigenvalue weighted by Crippen LogP contribution is 2.54. The van der Waals surface area contributed by atoms with Gasteiger partial charge in [0.05, 0.1) is 22.7 Å². The number of fused-ring (bicyclic) bond motifs is 1. The Bertz CT molecular complexity index is 1220. The van der Waals surface area contributed by atoms with Crippen LogP contribution in [0.3, 0.4) is 0 Å². The fourth-order valence-electron chi connectivity index (χ4n) is 5.55. The van der Waals surface area contributed by atoms with Gasteiger partial charge in [0, 0.05) is 32.7 Å². The van der Waals surface area contributed by atoms with Gasteiger partial charge in [-0.2, -0.15) is 0 Å². The van der Waals surface area contributed by atoms with Gasteiger partial charge in [0.1, 0.15) is 28.4 Å². The van der Waals surface area contributed by atoms with E-state index in [-0.39, 0.29) is 40.0 Å². The molecule has 2 aliphatic carbocycles. The number of carbonyl (C=O) groups excluding carboxylic acids is 1. The zero-order valence-corrected chi connectivity index (χ0v) is 23.1. The van der Waals surface area contributed by atoms with Gasteiger partial charge in [0.25, 0.3) is 0 Å². The van der Waals surface area contributed by atoms with Gasteiger partial charge >= 0.3 is 0 Å². The van der Waals surface area contributed by atoms with Crippen molar-refractivity contribution in [3.63, 3.8) is 0 Å². The third kappa shape index (κ3) is 6.08. The predicted molar refractivity (Wildman–Crippen MR) is 145 cm³/mol. The molecule has 0 radical (unpaired) electrons. The molecule has 2 unspecified atom stereocenters. The molecule has 2 aromatic rings. The highest BCUT2D eigenvalue weighted by Gasteiger charge is 2.53. The topological polar surface area (TPSA) is 126 Å². The molecule has 0 aliphatic heterocycles. The van der Waals surface area contributed by atoms with E-state index in [2.05, 4.69) is 15.3 Å². The van der Waals surface area contributed by atoms with Crippen LogP contribution in [-0.4, -0.2) is 57.1 Å². The Balaban J connectivity index is 0.000000336. The number of benzene rings is 1. The molecule has 0 spiro atoms. The van der Waals surface area contributed by atoms with Gasteiger partial charge < -0.3 is 25.8 Å². The van der Waals surface area contributed by atoms with E-state index < -0.39 is 17.0 Å². The van der Waals surface area contributed by atoms with Crippen molar-refractivity contribution in [2.45, 2.75) is 56.7 Å². The van der Waals surface area contributed by atoms with Gasteiger partial charge in [-0.05, 0) is 69.6 Å². The molecule has 2 saturated carbocycles. The number of aldehydes is 1. The third-order valence-corrected chi connectivity index (χ3v) is 7.82. The number of hydrogen-bond donors (Lipinski definition) is 4. The molecule has 2 atom stereocenters. The van der Waals surface area contributed by atoms with E-state index in [1.54, 1.807) is 31.1 Å². The van der Waals surface area contributed by atoms with Crippen molar-refractivity contribution in [1.82, 2.24) is 9.55 Å². The summed E-state index contributed by atoms with van der Waals surface area (Å²) in [4.78, 5) is 19.8. The molecule has 1 aromatic carbocycles. The van der Waals surface area contributed by atoms with E-state index in [9.17, 15) is 23.8 Å². The van der Waals surface area contributed by atoms with Gasteiger partial charge in [-0.15, -0.1) is 0 Å². The molecule has 2 fully saturated rings. The molecule has 38 heavy (non-hydrogen) atoms. The second-order valence-electron chi connectivity index (χ2n) is 10.6. The predicted octanol–water partition coefficient (Wildman–Crippen LogP) is 4.37. The maximum atomic E-state index is 14.9. The highest BCUT2D eigenvalue weighted by molar-refractivity contribution is 6.31. The van der Waals surface area contributed by atoms with Crippen molar-refractivity contribution in [2.75, 3.05) is 19.4 Å². The Morgan fingerprint density at radius 1 is 1.34 bits per heavy atom.